The second-order valence-electron chi connectivity index (χ2n) is 15.7. The molecule has 6 rings (SSSR count). The molecule has 3 fully saturated rings. The van der Waals surface area contributed by atoms with E-state index in [0.29, 0.717) is 89.0 Å². The van der Waals surface area contributed by atoms with Gasteiger partial charge in [-0.25, -0.2) is 14.4 Å². The Kier molecular flexibility index (Phi) is 13.1. The lowest BCUT2D eigenvalue weighted by Gasteiger charge is -2.46. The maximum atomic E-state index is 14.4. The number of hydrogen-bond donors (Lipinski definition) is 3. The van der Waals surface area contributed by atoms with Crippen LogP contribution >= 0.6 is 0 Å². The maximum absolute atomic E-state index is 14.4. The number of benzene rings is 2. The molecule has 4 heterocycles. The molecular weight excluding hydrogens is 718 g/mol. The highest BCUT2D eigenvalue weighted by molar-refractivity contribution is 5.91. The van der Waals surface area contributed by atoms with E-state index in [4.69, 9.17) is 14.2 Å². The number of nitrogens with zero attached hydrogens (tertiary/aromatic N) is 3. The molecule has 14 heteroatoms. The third kappa shape index (κ3) is 8.90. The van der Waals surface area contributed by atoms with Crippen molar-refractivity contribution < 1.29 is 48.2 Å². The van der Waals surface area contributed by atoms with Crippen LogP contribution < -0.4 is 10.2 Å². The SMILES string of the molecule is CCOC(=O)C1CC[NH+](C2(C(=O)OCC)CCN(C(=O)[C@@H](Cc3cc(C)c(O)c(C)c3)OC(=O)N3CCC(N4CCc5ccccc5NC4=O)CC3)CC2)CC1. The number of phenols is 1. The monoisotopic (exact) mass is 776 g/mol. The topological polar surface area (TPSA) is 159 Å². The molecule has 1 atom stereocenters. The van der Waals surface area contributed by atoms with E-state index in [1.807, 2.05) is 29.2 Å². The predicted molar refractivity (Wildman–Crippen MR) is 207 cm³/mol. The number of rotatable bonds is 10. The summed E-state index contributed by atoms with van der Waals surface area (Å²) in [6.07, 6.45) is 2.25. The van der Waals surface area contributed by atoms with Gasteiger partial charge in [-0.3, -0.25) is 9.59 Å². The van der Waals surface area contributed by atoms with Crippen LogP contribution in [-0.4, -0.2) is 126 Å². The number of aromatic hydroxyl groups is 1. The number of ether oxygens (including phenoxy) is 3. The molecule has 304 valence electrons. The summed E-state index contributed by atoms with van der Waals surface area (Å²) in [5.74, 6) is -0.846. The smallest absolute Gasteiger partial charge is 0.410 e. The highest BCUT2D eigenvalue weighted by Gasteiger charge is 2.53. The molecule has 0 radical (unpaired) electrons. The number of likely N-dealkylation sites (tertiary alicyclic amines) is 3. The van der Waals surface area contributed by atoms with Gasteiger partial charge in [0.1, 0.15) is 5.75 Å². The van der Waals surface area contributed by atoms with E-state index in [2.05, 4.69) is 5.32 Å². The second kappa shape index (κ2) is 18.0. The molecule has 0 unspecified atom stereocenters. The predicted octanol–water partition coefficient (Wildman–Crippen LogP) is 3.39. The minimum Gasteiger partial charge on any atom is -0.507 e. The van der Waals surface area contributed by atoms with Crippen LogP contribution in [-0.2, 0) is 41.4 Å². The van der Waals surface area contributed by atoms with Gasteiger partial charge in [-0.1, -0.05) is 30.3 Å². The number of hydrogen-bond acceptors (Lipinski definition) is 9. The Hall–Kier alpha value is -4.85. The van der Waals surface area contributed by atoms with E-state index in [-0.39, 0.29) is 67.7 Å². The molecule has 3 N–H and O–H groups in total. The number of nitrogens with one attached hydrogen (secondary N) is 2. The number of amides is 4. The Bertz CT molecular complexity index is 1740. The van der Waals surface area contributed by atoms with Gasteiger partial charge in [0.05, 0.1) is 32.2 Å². The van der Waals surface area contributed by atoms with Crippen LogP contribution in [0.3, 0.4) is 0 Å². The number of quaternary nitrogens is 1. The van der Waals surface area contributed by atoms with Crippen molar-refractivity contribution in [1.29, 1.82) is 0 Å². The minimum atomic E-state index is -1.14. The van der Waals surface area contributed by atoms with Crippen LogP contribution in [0.1, 0.15) is 74.6 Å². The summed E-state index contributed by atoms with van der Waals surface area (Å²) in [6, 6.07) is 11.2. The third-order valence-corrected chi connectivity index (χ3v) is 12.3. The second-order valence-corrected chi connectivity index (χ2v) is 15.7. The Morgan fingerprint density at radius 2 is 1.54 bits per heavy atom. The lowest BCUT2D eigenvalue weighted by molar-refractivity contribution is -0.949. The first kappa shape index (κ1) is 40.8. The fourth-order valence-electron chi connectivity index (χ4n) is 9.08. The van der Waals surface area contributed by atoms with Gasteiger partial charge >= 0.3 is 24.1 Å². The standard InChI is InChI=1S/C42H57N5O9/c1-5-54-38(50)32-11-20-46(21-12-32)42(39(51)55-6-2)16-23-44(24-17-42)37(49)35(27-30-25-28(3)36(48)29(4)26-30)56-41(53)45-18-14-33(15-19-45)47-22-13-31-9-7-8-10-34(31)43-40(47)52/h7-10,25-26,32-33,35,48H,5-6,11-24,27H2,1-4H3,(H,43,52)/p+1/t35-/m1/s1. The fourth-order valence-corrected chi connectivity index (χ4v) is 9.08. The van der Waals surface area contributed by atoms with Crippen LogP contribution in [0, 0.1) is 19.8 Å². The molecule has 0 saturated carbocycles. The molecule has 56 heavy (non-hydrogen) atoms. The first-order valence-corrected chi connectivity index (χ1v) is 20.3. The summed E-state index contributed by atoms with van der Waals surface area (Å²) in [7, 11) is 0. The van der Waals surface area contributed by atoms with Crippen molar-refractivity contribution in [3.63, 3.8) is 0 Å². The zero-order valence-corrected chi connectivity index (χ0v) is 33.3. The molecule has 0 bridgehead atoms. The number of fused-ring (bicyclic) bond motifs is 1. The van der Waals surface area contributed by atoms with Gasteiger partial charge < -0.3 is 44.2 Å². The van der Waals surface area contributed by atoms with Crippen LogP contribution in [0.25, 0.3) is 0 Å². The molecule has 0 aliphatic carbocycles. The van der Waals surface area contributed by atoms with Gasteiger partial charge in [0.15, 0.2) is 11.6 Å². The Labute approximate surface area is 329 Å². The number of carbonyl (C=O) groups excluding carboxylic acids is 5. The van der Waals surface area contributed by atoms with E-state index in [1.54, 1.807) is 49.6 Å². The zero-order valence-electron chi connectivity index (χ0n) is 33.3. The van der Waals surface area contributed by atoms with Crippen LogP contribution in [0.15, 0.2) is 36.4 Å². The molecule has 2 aromatic carbocycles. The summed E-state index contributed by atoms with van der Waals surface area (Å²) in [5, 5.41) is 13.5. The van der Waals surface area contributed by atoms with E-state index >= 15 is 0 Å². The average molecular weight is 777 g/mol. The number of esters is 2. The number of anilines is 1. The molecule has 14 nitrogen and oxygen atoms in total. The van der Waals surface area contributed by atoms with E-state index in [9.17, 15) is 29.1 Å². The van der Waals surface area contributed by atoms with Crippen molar-refractivity contribution in [2.75, 3.05) is 64.3 Å². The molecule has 0 aromatic heterocycles. The molecule has 2 aromatic rings. The minimum absolute atomic E-state index is 0.0418. The quantitative estimate of drug-likeness (QED) is 0.243. The van der Waals surface area contributed by atoms with Gasteiger partial charge in [-0.2, -0.15) is 0 Å². The highest BCUT2D eigenvalue weighted by atomic mass is 16.6. The molecule has 4 aliphatic rings. The Morgan fingerprint density at radius 1 is 0.893 bits per heavy atom. The number of carbonyl (C=O) groups is 5. The number of aryl methyl sites for hydroxylation is 2. The van der Waals surface area contributed by atoms with Crippen molar-refractivity contribution in [1.82, 2.24) is 14.7 Å². The lowest BCUT2D eigenvalue weighted by Crippen LogP contribution is -3.22. The largest absolute Gasteiger partial charge is 0.507 e. The highest BCUT2D eigenvalue weighted by Crippen LogP contribution is 2.29. The average Bonchev–Trinajstić information content (AvgIpc) is 3.37. The van der Waals surface area contributed by atoms with Crippen LogP contribution in [0.2, 0.25) is 0 Å². The first-order valence-electron chi connectivity index (χ1n) is 20.3. The lowest BCUT2D eigenvalue weighted by atomic mass is 9.82. The Balaban J connectivity index is 1.12. The van der Waals surface area contributed by atoms with E-state index < -0.39 is 17.7 Å². The van der Waals surface area contributed by atoms with Gasteiger partial charge in [-0.15, -0.1) is 0 Å². The van der Waals surface area contributed by atoms with Crippen LogP contribution in [0.4, 0.5) is 15.3 Å². The number of piperidine rings is 3. The number of urea groups is 1. The molecule has 4 aliphatic heterocycles. The summed E-state index contributed by atoms with van der Waals surface area (Å²) < 4.78 is 17.0. The van der Waals surface area contributed by atoms with Crippen molar-refractivity contribution in [3.8, 4) is 5.75 Å². The van der Waals surface area contributed by atoms with Gasteiger partial charge in [0.25, 0.3) is 5.91 Å². The zero-order chi connectivity index (χ0) is 40.0. The third-order valence-electron chi connectivity index (χ3n) is 12.3. The fraction of sp³-hybridized carbons (Fsp3) is 0.595. The molecular formula is C42H58N5O9+. The number of phenolic OH excluding ortho intramolecular Hbond substituents is 1. The summed E-state index contributed by atoms with van der Waals surface area (Å²) >= 11 is 0. The summed E-state index contributed by atoms with van der Waals surface area (Å²) in [4.78, 5) is 73.7. The molecule has 0 spiro atoms. The molecule has 3 saturated heterocycles. The van der Waals surface area contributed by atoms with Gasteiger partial charge in [0.2, 0.25) is 0 Å². The van der Waals surface area contributed by atoms with Crippen molar-refractivity contribution in [2.45, 2.75) is 96.7 Å². The normalized spacial score (nSPS) is 21.9. The van der Waals surface area contributed by atoms with Crippen molar-refractivity contribution >= 4 is 35.7 Å². The van der Waals surface area contributed by atoms with E-state index in [1.165, 1.54) is 0 Å². The number of para-hydroxylation sites is 1. The molecule has 4 amide bonds. The maximum Gasteiger partial charge on any atom is 0.410 e. The van der Waals surface area contributed by atoms with Gasteiger partial charge in [-0.05, 0) is 75.3 Å². The summed E-state index contributed by atoms with van der Waals surface area (Å²) in [6.45, 7) is 10.8. The first-order chi connectivity index (χ1) is 26.9. The van der Waals surface area contributed by atoms with Crippen LogP contribution in [0.5, 0.6) is 5.75 Å². The van der Waals surface area contributed by atoms with Gasteiger partial charge in [0, 0.05) is 76.6 Å². The Morgan fingerprint density at radius 3 is 2.18 bits per heavy atom. The van der Waals surface area contributed by atoms with Crippen molar-refractivity contribution in [2.24, 2.45) is 5.92 Å². The van der Waals surface area contributed by atoms with E-state index in [0.717, 1.165) is 28.1 Å². The van der Waals surface area contributed by atoms with Crippen molar-refractivity contribution in [3.05, 3.63) is 58.7 Å². The summed E-state index contributed by atoms with van der Waals surface area (Å²) in [5.41, 5.74) is 3.13.